The first-order chi connectivity index (χ1) is 9.13. The van der Waals surface area contributed by atoms with E-state index < -0.39 is 0 Å². The summed E-state index contributed by atoms with van der Waals surface area (Å²) < 4.78 is 5.35. The molecule has 2 atom stereocenters. The second kappa shape index (κ2) is 6.57. The normalized spacial score (nSPS) is 22.5. The summed E-state index contributed by atoms with van der Waals surface area (Å²) in [5, 5.41) is 6.89. The van der Waals surface area contributed by atoms with Crippen molar-refractivity contribution in [2.75, 3.05) is 25.1 Å². The molecule has 4 nitrogen and oxygen atoms in total. The molecule has 104 valence electrons. The van der Waals surface area contributed by atoms with E-state index in [4.69, 9.17) is 27.9 Å². The summed E-state index contributed by atoms with van der Waals surface area (Å²) in [5.41, 5.74) is 0.456. The zero-order valence-electron chi connectivity index (χ0n) is 10.6. The Morgan fingerprint density at radius 1 is 1.37 bits per heavy atom. The van der Waals surface area contributed by atoms with Gasteiger partial charge in [0.1, 0.15) is 0 Å². The van der Waals surface area contributed by atoms with Crippen molar-refractivity contribution in [3.05, 3.63) is 28.2 Å². The van der Waals surface area contributed by atoms with E-state index in [0.29, 0.717) is 28.9 Å². The largest absolute Gasteiger partial charge is 0.379 e. The molecule has 0 radical (unpaired) electrons. The minimum absolute atomic E-state index is 0.0336. The van der Waals surface area contributed by atoms with Gasteiger partial charge >= 0.3 is 0 Å². The van der Waals surface area contributed by atoms with Crippen LogP contribution < -0.4 is 10.6 Å². The maximum atomic E-state index is 12.3. The van der Waals surface area contributed by atoms with Crippen molar-refractivity contribution in [3.8, 4) is 0 Å². The predicted molar refractivity (Wildman–Crippen MR) is 76.9 cm³/mol. The molecule has 0 spiro atoms. The van der Waals surface area contributed by atoms with E-state index in [1.165, 1.54) is 0 Å². The molecule has 2 N–H and O–H groups in total. The Bertz CT molecular complexity index is 448. The molecular formula is C13H16Cl2N2O2. The molecule has 6 heteroatoms. The molecule has 1 aliphatic rings. The van der Waals surface area contributed by atoms with Crippen LogP contribution in [-0.4, -0.2) is 31.7 Å². The molecule has 0 aromatic heterocycles. The molecule has 0 bridgehead atoms. The van der Waals surface area contributed by atoms with Gasteiger partial charge in [-0.15, -0.1) is 0 Å². The van der Waals surface area contributed by atoms with Crippen molar-refractivity contribution in [2.45, 2.75) is 13.0 Å². The average molecular weight is 303 g/mol. The van der Waals surface area contributed by atoms with Gasteiger partial charge in [-0.1, -0.05) is 36.2 Å². The fraction of sp³-hybridized carbons (Fsp3) is 0.462. The first kappa shape index (κ1) is 14.6. The summed E-state index contributed by atoms with van der Waals surface area (Å²) in [6.07, 6.45) is 0. The van der Waals surface area contributed by atoms with Gasteiger partial charge in [0.2, 0.25) is 5.91 Å². The van der Waals surface area contributed by atoms with Crippen molar-refractivity contribution < 1.29 is 9.53 Å². The minimum atomic E-state index is -0.229. The van der Waals surface area contributed by atoms with Gasteiger partial charge in [0, 0.05) is 6.04 Å². The Morgan fingerprint density at radius 2 is 2.05 bits per heavy atom. The maximum Gasteiger partial charge on any atom is 0.231 e. The lowest BCUT2D eigenvalue weighted by molar-refractivity contribution is -0.120. The number of carbonyl (C=O) groups excluding carboxylic acids is 1. The lowest BCUT2D eigenvalue weighted by Gasteiger charge is -2.18. The number of anilines is 1. The molecule has 1 amide bonds. The maximum absolute atomic E-state index is 12.3. The van der Waals surface area contributed by atoms with Gasteiger partial charge in [-0.25, -0.2) is 0 Å². The van der Waals surface area contributed by atoms with E-state index in [-0.39, 0.29) is 17.9 Å². The van der Waals surface area contributed by atoms with Crippen LogP contribution in [0.5, 0.6) is 0 Å². The van der Waals surface area contributed by atoms with Crippen LogP contribution in [0.2, 0.25) is 10.0 Å². The highest BCUT2D eigenvalue weighted by Crippen LogP contribution is 2.30. The van der Waals surface area contributed by atoms with Crippen LogP contribution in [0, 0.1) is 5.92 Å². The number of para-hydroxylation sites is 1. The topological polar surface area (TPSA) is 50.4 Å². The minimum Gasteiger partial charge on any atom is -0.379 e. The standard InChI is InChI=1S/C13H16Cl2N2O2/c1-2-16-11-7-19-6-8(11)13(18)17-12-9(14)4-3-5-10(12)15/h3-5,8,11,16H,2,6-7H2,1H3,(H,17,18). The quantitative estimate of drug-likeness (QED) is 0.899. The Kier molecular flexibility index (Phi) is 5.05. The number of benzene rings is 1. The number of halogens is 2. The SMILES string of the molecule is CCNC1COCC1C(=O)Nc1c(Cl)cccc1Cl. The smallest absolute Gasteiger partial charge is 0.231 e. The van der Waals surface area contributed by atoms with Crippen LogP contribution >= 0.6 is 23.2 Å². The van der Waals surface area contributed by atoms with Gasteiger partial charge in [0.05, 0.1) is 34.9 Å². The van der Waals surface area contributed by atoms with Crippen LogP contribution in [0.4, 0.5) is 5.69 Å². The summed E-state index contributed by atoms with van der Waals surface area (Å²) in [6.45, 7) is 3.75. The first-order valence-electron chi connectivity index (χ1n) is 6.19. The second-order valence-corrected chi connectivity index (χ2v) is 5.21. The number of carbonyl (C=O) groups is 1. The molecule has 2 rings (SSSR count). The van der Waals surface area contributed by atoms with Crippen molar-refractivity contribution in [2.24, 2.45) is 5.92 Å². The Labute approximate surface area is 122 Å². The Morgan fingerprint density at radius 3 is 2.68 bits per heavy atom. The van der Waals surface area contributed by atoms with E-state index in [1.807, 2.05) is 6.92 Å². The number of likely N-dealkylation sites (N-methyl/N-ethyl adjacent to an activating group) is 1. The highest BCUT2D eigenvalue weighted by atomic mass is 35.5. The molecule has 0 saturated carbocycles. The van der Waals surface area contributed by atoms with Crippen LogP contribution in [0.3, 0.4) is 0 Å². The first-order valence-corrected chi connectivity index (χ1v) is 6.95. The van der Waals surface area contributed by atoms with E-state index in [1.54, 1.807) is 18.2 Å². The zero-order valence-corrected chi connectivity index (χ0v) is 12.1. The number of nitrogens with one attached hydrogen (secondary N) is 2. The Balaban J connectivity index is 2.08. The third-order valence-corrected chi connectivity index (χ3v) is 3.72. The van der Waals surface area contributed by atoms with Gasteiger partial charge in [0.25, 0.3) is 0 Å². The van der Waals surface area contributed by atoms with Crippen LogP contribution in [0.1, 0.15) is 6.92 Å². The van der Waals surface area contributed by atoms with E-state index >= 15 is 0 Å². The fourth-order valence-corrected chi connectivity index (χ4v) is 2.60. The molecule has 1 aromatic carbocycles. The van der Waals surface area contributed by atoms with Gasteiger partial charge in [-0.2, -0.15) is 0 Å². The molecule has 0 aliphatic carbocycles. The summed E-state index contributed by atoms with van der Waals surface area (Å²) in [5.74, 6) is -0.356. The second-order valence-electron chi connectivity index (χ2n) is 4.39. The fourth-order valence-electron chi connectivity index (χ4n) is 2.11. The summed E-state index contributed by atoms with van der Waals surface area (Å²) in [6, 6.07) is 5.15. The number of hydrogen-bond donors (Lipinski definition) is 2. The van der Waals surface area contributed by atoms with Crippen LogP contribution in [0.25, 0.3) is 0 Å². The third-order valence-electron chi connectivity index (χ3n) is 3.09. The van der Waals surface area contributed by atoms with Crippen molar-refractivity contribution in [1.29, 1.82) is 0 Å². The molecule has 19 heavy (non-hydrogen) atoms. The van der Waals surface area contributed by atoms with Crippen LogP contribution in [0.15, 0.2) is 18.2 Å². The molecule has 1 saturated heterocycles. The molecular weight excluding hydrogens is 287 g/mol. The van der Waals surface area contributed by atoms with Crippen LogP contribution in [-0.2, 0) is 9.53 Å². The van der Waals surface area contributed by atoms with E-state index in [2.05, 4.69) is 10.6 Å². The van der Waals surface area contributed by atoms with Crippen molar-refractivity contribution in [3.63, 3.8) is 0 Å². The Hall–Kier alpha value is -0.810. The van der Waals surface area contributed by atoms with E-state index in [0.717, 1.165) is 6.54 Å². The highest BCUT2D eigenvalue weighted by molar-refractivity contribution is 6.39. The van der Waals surface area contributed by atoms with Gasteiger partial charge in [-0.05, 0) is 18.7 Å². The monoisotopic (exact) mass is 302 g/mol. The van der Waals surface area contributed by atoms with Gasteiger partial charge in [0.15, 0.2) is 0 Å². The zero-order chi connectivity index (χ0) is 13.8. The predicted octanol–water partition coefficient (Wildman–Crippen LogP) is 2.56. The average Bonchev–Trinajstić information content (AvgIpc) is 2.83. The number of hydrogen-bond acceptors (Lipinski definition) is 3. The lowest BCUT2D eigenvalue weighted by atomic mass is 10.0. The lowest BCUT2D eigenvalue weighted by Crippen LogP contribution is -2.41. The number of amides is 1. The highest BCUT2D eigenvalue weighted by Gasteiger charge is 2.33. The van der Waals surface area contributed by atoms with E-state index in [9.17, 15) is 4.79 Å². The summed E-state index contributed by atoms with van der Waals surface area (Å²) in [7, 11) is 0. The number of ether oxygens (including phenoxy) is 1. The summed E-state index contributed by atoms with van der Waals surface area (Å²) in [4.78, 5) is 12.3. The molecule has 1 aromatic rings. The molecule has 2 unspecified atom stereocenters. The van der Waals surface area contributed by atoms with Gasteiger partial charge in [-0.3, -0.25) is 4.79 Å². The number of rotatable bonds is 4. The molecule has 1 aliphatic heterocycles. The van der Waals surface area contributed by atoms with Crippen molar-refractivity contribution in [1.82, 2.24) is 5.32 Å². The molecule has 1 fully saturated rings. The third kappa shape index (κ3) is 3.39. The molecule has 1 heterocycles. The van der Waals surface area contributed by atoms with Crippen molar-refractivity contribution >= 4 is 34.8 Å². The summed E-state index contributed by atoms with van der Waals surface area (Å²) >= 11 is 12.1. The van der Waals surface area contributed by atoms with Gasteiger partial charge < -0.3 is 15.4 Å².